The van der Waals surface area contributed by atoms with Crippen LogP contribution in [-0.2, 0) is 0 Å². The highest BCUT2D eigenvalue weighted by atomic mass is 14.2. The van der Waals surface area contributed by atoms with Crippen LogP contribution in [0.25, 0.3) is 0 Å². The molecule has 0 bridgehead atoms. The van der Waals surface area contributed by atoms with Crippen molar-refractivity contribution in [3.05, 3.63) is 35.9 Å². The zero-order valence-corrected chi connectivity index (χ0v) is 9.88. The van der Waals surface area contributed by atoms with Crippen molar-refractivity contribution in [3.8, 4) is 0 Å². The Bertz CT molecular complexity index is 253. The molecule has 1 aromatic rings. The summed E-state index contributed by atoms with van der Waals surface area (Å²) in [6, 6.07) is 10.8. The molecule has 14 heavy (non-hydrogen) atoms. The third-order valence-corrected chi connectivity index (χ3v) is 2.70. The Morgan fingerprint density at radius 1 is 1.07 bits per heavy atom. The Labute approximate surface area is 88.4 Å². The molecule has 0 saturated carbocycles. The molecule has 0 heterocycles. The Morgan fingerprint density at radius 3 is 2.14 bits per heavy atom. The van der Waals surface area contributed by atoms with Crippen LogP contribution in [0.4, 0.5) is 0 Å². The van der Waals surface area contributed by atoms with E-state index in [1.54, 1.807) is 0 Å². The monoisotopic (exact) mass is 190 g/mol. The summed E-state index contributed by atoms with van der Waals surface area (Å²) in [5.41, 5.74) is 1.93. The first-order valence-corrected chi connectivity index (χ1v) is 5.54. The molecule has 0 aromatic heterocycles. The van der Waals surface area contributed by atoms with Gasteiger partial charge in [-0.15, -0.1) is 0 Å². The molecule has 0 nitrogen and oxygen atoms in total. The predicted octanol–water partition coefficient (Wildman–Crippen LogP) is 4.62. The number of rotatable bonds is 3. The topological polar surface area (TPSA) is 0 Å². The van der Waals surface area contributed by atoms with E-state index in [0.29, 0.717) is 11.3 Å². The van der Waals surface area contributed by atoms with Crippen molar-refractivity contribution in [2.24, 2.45) is 5.41 Å². The minimum absolute atomic E-state index is 0.461. The standard InChI is InChI=1S/C14H22/c1-12(10-11-14(2,3)4)13-8-6-5-7-9-13/h5-9,12H,10-11H2,1-4H3/t12-/m1/s1. The average molecular weight is 190 g/mol. The van der Waals surface area contributed by atoms with Crippen LogP contribution in [0.5, 0.6) is 0 Å². The summed E-state index contributed by atoms with van der Waals surface area (Å²) in [6.45, 7) is 9.25. The summed E-state index contributed by atoms with van der Waals surface area (Å²) in [6.07, 6.45) is 2.58. The van der Waals surface area contributed by atoms with Crippen molar-refractivity contribution in [2.45, 2.75) is 46.5 Å². The SMILES string of the molecule is C[C@H](CCC(C)(C)C)c1ccccc1. The lowest BCUT2D eigenvalue weighted by atomic mass is 9.85. The molecule has 1 atom stereocenters. The largest absolute Gasteiger partial charge is 0.0622 e. The van der Waals surface area contributed by atoms with Crippen LogP contribution < -0.4 is 0 Å². The van der Waals surface area contributed by atoms with Gasteiger partial charge in [0, 0.05) is 0 Å². The average Bonchev–Trinajstić information content (AvgIpc) is 2.14. The summed E-state index contributed by atoms with van der Waals surface area (Å²) in [7, 11) is 0. The van der Waals surface area contributed by atoms with Gasteiger partial charge >= 0.3 is 0 Å². The minimum Gasteiger partial charge on any atom is -0.0622 e. The molecular weight excluding hydrogens is 168 g/mol. The van der Waals surface area contributed by atoms with Crippen LogP contribution >= 0.6 is 0 Å². The van der Waals surface area contributed by atoms with Crippen molar-refractivity contribution in [1.82, 2.24) is 0 Å². The first kappa shape index (κ1) is 11.3. The fraction of sp³-hybridized carbons (Fsp3) is 0.571. The van der Waals surface area contributed by atoms with E-state index in [0.717, 1.165) is 0 Å². The predicted molar refractivity (Wildman–Crippen MR) is 63.5 cm³/mol. The summed E-state index contributed by atoms with van der Waals surface area (Å²) >= 11 is 0. The number of hydrogen-bond donors (Lipinski definition) is 0. The zero-order chi connectivity index (χ0) is 10.6. The Morgan fingerprint density at radius 2 is 1.64 bits per heavy atom. The molecular formula is C14H22. The lowest BCUT2D eigenvalue weighted by molar-refractivity contribution is 0.352. The van der Waals surface area contributed by atoms with Crippen molar-refractivity contribution >= 4 is 0 Å². The van der Waals surface area contributed by atoms with E-state index in [1.165, 1.54) is 18.4 Å². The molecule has 78 valence electrons. The molecule has 0 aliphatic rings. The van der Waals surface area contributed by atoms with Crippen LogP contribution in [-0.4, -0.2) is 0 Å². The van der Waals surface area contributed by atoms with Gasteiger partial charge in [0.05, 0.1) is 0 Å². The third kappa shape index (κ3) is 3.95. The molecule has 0 aliphatic carbocycles. The molecule has 0 radical (unpaired) electrons. The quantitative estimate of drug-likeness (QED) is 0.652. The van der Waals surface area contributed by atoms with Crippen molar-refractivity contribution < 1.29 is 0 Å². The Kier molecular flexibility index (Phi) is 3.74. The van der Waals surface area contributed by atoms with E-state index < -0.39 is 0 Å². The molecule has 1 aromatic carbocycles. The highest BCUT2D eigenvalue weighted by Crippen LogP contribution is 2.28. The minimum atomic E-state index is 0.461. The van der Waals surface area contributed by atoms with Crippen LogP contribution in [0.2, 0.25) is 0 Å². The third-order valence-electron chi connectivity index (χ3n) is 2.70. The molecule has 0 spiro atoms. The van der Waals surface area contributed by atoms with Crippen LogP contribution in [0.3, 0.4) is 0 Å². The molecule has 0 aliphatic heterocycles. The van der Waals surface area contributed by atoms with Gasteiger partial charge in [0.15, 0.2) is 0 Å². The maximum absolute atomic E-state index is 2.32. The van der Waals surface area contributed by atoms with E-state index in [1.807, 2.05) is 0 Å². The fourth-order valence-corrected chi connectivity index (χ4v) is 1.60. The van der Waals surface area contributed by atoms with Gasteiger partial charge < -0.3 is 0 Å². The van der Waals surface area contributed by atoms with Gasteiger partial charge in [0.1, 0.15) is 0 Å². The summed E-state index contributed by atoms with van der Waals surface area (Å²) < 4.78 is 0. The second-order valence-corrected chi connectivity index (χ2v) is 5.41. The normalized spacial score (nSPS) is 14.0. The molecule has 0 unspecified atom stereocenters. The summed E-state index contributed by atoms with van der Waals surface area (Å²) in [4.78, 5) is 0. The van der Waals surface area contributed by atoms with Crippen LogP contribution in [0.15, 0.2) is 30.3 Å². The maximum Gasteiger partial charge on any atom is -0.0190 e. The van der Waals surface area contributed by atoms with Gasteiger partial charge in [0.2, 0.25) is 0 Å². The summed E-state index contributed by atoms with van der Waals surface area (Å²) in [5, 5.41) is 0. The first-order chi connectivity index (χ1) is 6.49. The number of hydrogen-bond acceptors (Lipinski definition) is 0. The van der Waals surface area contributed by atoms with Crippen LogP contribution in [0.1, 0.15) is 52.0 Å². The zero-order valence-electron chi connectivity index (χ0n) is 9.88. The number of benzene rings is 1. The van der Waals surface area contributed by atoms with Crippen molar-refractivity contribution in [3.63, 3.8) is 0 Å². The Hall–Kier alpha value is -0.780. The molecule has 0 heteroatoms. The van der Waals surface area contributed by atoms with Gasteiger partial charge in [-0.2, -0.15) is 0 Å². The first-order valence-electron chi connectivity index (χ1n) is 5.54. The lowest BCUT2D eigenvalue weighted by Crippen LogP contribution is -2.06. The van der Waals surface area contributed by atoms with Gasteiger partial charge in [-0.05, 0) is 29.7 Å². The van der Waals surface area contributed by atoms with Gasteiger partial charge in [0.25, 0.3) is 0 Å². The fourth-order valence-electron chi connectivity index (χ4n) is 1.60. The summed E-state index contributed by atoms with van der Waals surface area (Å²) in [5.74, 6) is 0.690. The van der Waals surface area contributed by atoms with Crippen LogP contribution in [0, 0.1) is 5.41 Å². The van der Waals surface area contributed by atoms with E-state index in [4.69, 9.17) is 0 Å². The van der Waals surface area contributed by atoms with Crippen molar-refractivity contribution in [2.75, 3.05) is 0 Å². The van der Waals surface area contributed by atoms with E-state index >= 15 is 0 Å². The van der Waals surface area contributed by atoms with Crippen molar-refractivity contribution in [1.29, 1.82) is 0 Å². The highest BCUT2D eigenvalue weighted by Gasteiger charge is 2.13. The molecule has 1 rings (SSSR count). The maximum atomic E-state index is 2.32. The highest BCUT2D eigenvalue weighted by molar-refractivity contribution is 5.18. The van der Waals surface area contributed by atoms with Gasteiger partial charge in [-0.1, -0.05) is 58.0 Å². The van der Waals surface area contributed by atoms with E-state index in [2.05, 4.69) is 58.0 Å². The second-order valence-electron chi connectivity index (χ2n) is 5.41. The molecule has 0 fully saturated rings. The van der Waals surface area contributed by atoms with Gasteiger partial charge in [-0.25, -0.2) is 0 Å². The molecule has 0 N–H and O–H groups in total. The molecule has 0 amide bonds. The Balaban J connectivity index is 2.48. The lowest BCUT2D eigenvalue weighted by Gasteiger charge is -2.21. The van der Waals surface area contributed by atoms with E-state index in [-0.39, 0.29) is 0 Å². The second kappa shape index (κ2) is 4.63. The van der Waals surface area contributed by atoms with Gasteiger partial charge in [-0.3, -0.25) is 0 Å². The molecule has 0 saturated heterocycles. The smallest absolute Gasteiger partial charge is 0.0190 e. The van der Waals surface area contributed by atoms with E-state index in [9.17, 15) is 0 Å².